The Hall–Kier alpha value is -0.870. The van der Waals surface area contributed by atoms with Crippen LogP contribution in [-0.4, -0.2) is 35.4 Å². The van der Waals surface area contributed by atoms with Gasteiger partial charge in [-0.3, -0.25) is 0 Å². The van der Waals surface area contributed by atoms with Crippen molar-refractivity contribution in [2.24, 2.45) is 7.05 Å². The number of hydrogen-bond donors (Lipinski definition) is 1. The topological polar surface area (TPSA) is 39.1 Å². The number of aryl methyl sites for hydroxylation is 1. The predicted molar refractivity (Wildman–Crippen MR) is 68.0 cm³/mol. The van der Waals surface area contributed by atoms with Crippen LogP contribution in [0.25, 0.3) is 0 Å². The van der Waals surface area contributed by atoms with Crippen LogP contribution in [0.4, 0.5) is 0 Å². The first-order valence-corrected chi connectivity index (χ1v) is 6.65. The average Bonchev–Trinajstić information content (AvgIpc) is 2.95. The maximum absolute atomic E-state index is 5.59. The lowest BCUT2D eigenvalue weighted by Gasteiger charge is -2.09. The molecule has 1 N–H and O–H groups in total. The van der Waals surface area contributed by atoms with Gasteiger partial charge in [-0.15, -0.1) is 0 Å². The van der Waals surface area contributed by atoms with Gasteiger partial charge in [0, 0.05) is 39.0 Å². The first-order valence-electron chi connectivity index (χ1n) is 6.65. The molecule has 2 heterocycles. The van der Waals surface area contributed by atoms with Crippen molar-refractivity contribution >= 4 is 0 Å². The minimum absolute atomic E-state index is 0.534. The molecule has 0 aliphatic carbocycles. The zero-order chi connectivity index (χ0) is 11.9. The van der Waals surface area contributed by atoms with E-state index in [-0.39, 0.29) is 0 Å². The molecule has 1 aromatic rings. The van der Waals surface area contributed by atoms with Crippen molar-refractivity contribution in [2.75, 3.05) is 19.7 Å². The van der Waals surface area contributed by atoms with Crippen molar-refractivity contribution in [1.82, 2.24) is 14.9 Å². The van der Waals surface area contributed by atoms with E-state index in [4.69, 9.17) is 4.74 Å². The molecule has 0 radical (unpaired) electrons. The molecule has 1 aliphatic heterocycles. The van der Waals surface area contributed by atoms with E-state index in [1.165, 1.54) is 25.7 Å². The van der Waals surface area contributed by atoms with Crippen LogP contribution in [0.5, 0.6) is 0 Å². The van der Waals surface area contributed by atoms with Gasteiger partial charge in [0.25, 0.3) is 0 Å². The third kappa shape index (κ3) is 4.13. The van der Waals surface area contributed by atoms with Gasteiger partial charge in [0.2, 0.25) is 0 Å². The largest absolute Gasteiger partial charge is 0.378 e. The van der Waals surface area contributed by atoms with Crippen molar-refractivity contribution in [1.29, 1.82) is 0 Å². The number of rotatable bonds is 7. The SMILES string of the molecule is Cn1ccnc1CCNCCCC1CCCO1. The molecular weight excluding hydrogens is 214 g/mol. The monoisotopic (exact) mass is 237 g/mol. The standard InChI is InChI=1S/C13H23N3O/c1-16-10-9-15-13(16)6-8-14-7-2-4-12-5-3-11-17-12/h9-10,12,14H,2-8,11H2,1H3. The summed E-state index contributed by atoms with van der Waals surface area (Å²) < 4.78 is 7.67. The molecular formula is C13H23N3O. The van der Waals surface area contributed by atoms with Crippen molar-refractivity contribution in [3.8, 4) is 0 Å². The van der Waals surface area contributed by atoms with Gasteiger partial charge in [-0.05, 0) is 32.2 Å². The fourth-order valence-corrected chi connectivity index (χ4v) is 2.29. The van der Waals surface area contributed by atoms with Crippen LogP contribution in [0, 0.1) is 0 Å². The third-order valence-electron chi connectivity index (χ3n) is 3.35. The molecule has 4 nitrogen and oxygen atoms in total. The van der Waals surface area contributed by atoms with Gasteiger partial charge in [0.05, 0.1) is 6.10 Å². The molecule has 4 heteroatoms. The summed E-state index contributed by atoms with van der Waals surface area (Å²) in [5, 5.41) is 3.47. The van der Waals surface area contributed by atoms with E-state index in [9.17, 15) is 0 Å². The number of aromatic nitrogens is 2. The van der Waals surface area contributed by atoms with Crippen LogP contribution in [-0.2, 0) is 18.2 Å². The third-order valence-corrected chi connectivity index (χ3v) is 3.35. The highest BCUT2D eigenvalue weighted by molar-refractivity contribution is 4.91. The summed E-state index contributed by atoms with van der Waals surface area (Å²) in [5.74, 6) is 1.15. The first-order chi connectivity index (χ1) is 8.36. The Morgan fingerprint density at radius 2 is 2.47 bits per heavy atom. The van der Waals surface area contributed by atoms with Gasteiger partial charge in [-0.25, -0.2) is 4.98 Å². The quantitative estimate of drug-likeness (QED) is 0.731. The summed E-state index contributed by atoms with van der Waals surface area (Å²) in [5.41, 5.74) is 0. The van der Waals surface area contributed by atoms with E-state index in [1.54, 1.807) is 0 Å². The van der Waals surface area contributed by atoms with Crippen molar-refractivity contribution < 1.29 is 4.74 Å². The van der Waals surface area contributed by atoms with E-state index in [1.807, 2.05) is 19.4 Å². The Morgan fingerprint density at radius 3 is 3.18 bits per heavy atom. The van der Waals surface area contributed by atoms with Crippen molar-refractivity contribution in [3.05, 3.63) is 18.2 Å². The summed E-state index contributed by atoms with van der Waals surface area (Å²) in [4.78, 5) is 4.30. The highest BCUT2D eigenvalue weighted by atomic mass is 16.5. The minimum atomic E-state index is 0.534. The Bertz CT molecular complexity index is 318. The molecule has 0 amide bonds. The molecule has 1 unspecified atom stereocenters. The molecule has 1 atom stereocenters. The molecule has 0 spiro atoms. The predicted octanol–water partition coefficient (Wildman–Crippen LogP) is 1.51. The van der Waals surface area contributed by atoms with Gasteiger partial charge in [-0.1, -0.05) is 0 Å². The Balaban J connectivity index is 1.47. The fraction of sp³-hybridized carbons (Fsp3) is 0.769. The second kappa shape index (κ2) is 6.77. The van der Waals surface area contributed by atoms with Crippen LogP contribution in [0.3, 0.4) is 0 Å². The summed E-state index contributed by atoms with van der Waals surface area (Å²) in [6, 6.07) is 0. The molecule has 96 valence electrons. The Kier molecular flexibility index (Phi) is 5.01. The molecule has 0 aromatic carbocycles. The lowest BCUT2D eigenvalue weighted by molar-refractivity contribution is 0.102. The molecule has 1 aromatic heterocycles. The van der Waals surface area contributed by atoms with Gasteiger partial charge < -0.3 is 14.6 Å². The zero-order valence-corrected chi connectivity index (χ0v) is 10.7. The summed E-state index contributed by atoms with van der Waals surface area (Å²) in [7, 11) is 2.04. The maximum Gasteiger partial charge on any atom is 0.109 e. The lowest BCUT2D eigenvalue weighted by Crippen LogP contribution is -2.21. The second-order valence-electron chi connectivity index (χ2n) is 4.73. The molecule has 1 saturated heterocycles. The van der Waals surface area contributed by atoms with Gasteiger partial charge in [0.1, 0.15) is 5.82 Å². The number of imidazole rings is 1. The van der Waals surface area contributed by atoms with Gasteiger partial charge >= 0.3 is 0 Å². The van der Waals surface area contributed by atoms with Crippen LogP contribution in [0.2, 0.25) is 0 Å². The summed E-state index contributed by atoms with van der Waals surface area (Å²) >= 11 is 0. The minimum Gasteiger partial charge on any atom is -0.378 e. The van der Waals surface area contributed by atoms with Gasteiger partial charge in [-0.2, -0.15) is 0 Å². The number of nitrogens with one attached hydrogen (secondary N) is 1. The van der Waals surface area contributed by atoms with Crippen LogP contribution >= 0.6 is 0 Å². The average molecular weight is 237 g/mol. The fourth-order valence-electron chi connectivity index (χ4n) is 2.29. The number of ether oxygens (including phenoxy) is 1. The van der Waals surface area contributed by atoms with Crippen LogP contribution in [0.1, 0.15) is 31.5 Å². The van der Waals surface area contributed by atoms with E-state index >= 15 is 0 Å². The molecule has 0 bridgehead atoms. The summed E-state index contributed by atoms with van der Waals surface area (Å²) in [6.07, 6.45) is 10.3. The van der Waals surface area contributed by atoms with Crippen LogP contribution in [0.15, 0.2) is 12.4 Å². The normalized spacial score (nSPS) is 19.9. The van der Waals surface area contributed by atoms with E-state index in [0.717, 1.165) is 31.9 Å². The lowest BCUT2D eigenvalue weighted by atomic mass is 10.1. The highest BCUT2D eigenvalue weighted by Gasteiger charge is 2.14. The Labute approximate surface area is 103 Å². The molecule has 2 rings (SSSR count). The summed E-state index contributed by atoms with van der Waals surface area (Å²) in [6.45, 7) is 3.07. The van der Waals surface area contributed by atoms with Crippen molar-refractivity contribution in [3.63, 3.8) is 0 Å². The highest BCUT2D eigenvalue weighted by Crippen LogP contribution is 2.16. The molecule has 17 heavy (non-hydrogen) atoms. The Morgan fingerprint density at radius 1 is 1.53 bits per heavy atom. The van der Waals surface area contributed by atoms with Gasteiger partial charge in [0.15, 0.2) is 0 Å². The molecule has 1 fully saturated rings. The molecule has 1 aliphatic rings. The van der Waals surface area contributed by atoms with Crippen LogP contribution < -0.4 is 5.32 Å². The number of hydrogen-bond acceptors (Lipinski definition) is 3. The van der Waals surface area contributed by atoms with E-state index in [0.29, 0.717) is 6.10 Å². The zero-order valence-electron chi connectivity index (χ0n) is 10.7. The second-order valence-corrected chi connectivity index (χ2v) is 4.73. The maximum atomic E-state index is 5.59. The van der Waals surface area contributed by atoms with E-state index < -0.39 is 0 Å². The van der Waals surface area contributed by atoms with E-state index in [2.05, 4.69) is 14.9 Å². The molecule has 0 saturated carbocycles. The number of nitrogens with zero attached hydrogens (tertiary/aromatic N) is 2. The smallest absolute Gasteiger partial charge is 0.109 e. The van der Waals surface area contributed by atoms with Crippen molar-refractivity contribution in [2.45, 2.75) is 38.2 Å². The first kappa shape index (κ1) is 12.6.